The molecule has 2 aromatic carbocycles. The zero-order valence-corrected chi connectivity index (χ0v) is 14.6. The van der Waals surface area contributed by atoms with Crippen LogP contribution in [-0.2, 0) is 7.05 Å². The Bertz CT molecular complexity index is 963. The van der Waals surface area contributed by atoms with Gasteiger partial charge in [-0.2, -0.15) is 0 Å². The molecule has 24 heavy (non-hydrogen) atoms. The van der Waals surface area contributed by atoms with Crippen molar-refractivity contribution in [3.63, 3.8) is 0 Å². The first-order chi connectivity index (χ1) is 11.5. The average Bonchev–Trinajstić information content (AvgIpc) is 2.83. The van der Waals surface area contributed by atoms with Crippen LogP contribution in [0.2, 0.25) is 0 Å². The number of carbonyl (C=O) groups excluding carboxylic acids is 1. The number of aromatic nitrogens is 1. The molecule has 0 fully saturated rings. The van der Waals surface area contributed by atoms with Crippen LogP contribution in [0.15, 0.2) is 57.2 Å². The smallest absolute Gasteiger partial charge is 0.299 e. The van der Waals surface area contributed by atoms with Gasteiger partial charge in [-0.05, 0) is 30.3 Å². The van der Waals surface area contributed by atoms with E-state index in [0.717, 1.165) is 9.99 Å². The summed E-state index contributed by atoms with van der Waals surface area (Å²) in [7, 11) is 3.20. The summed E-state index contributed by atoms with van der Waals surface area (Å²) in [6.07, 6.45) is 0. The Morgan fingerprint density at radius 1 is 1.25 bits per heavy atom. The third-order valence-electron chi connectivity index (χ3n) is 3.68. The highest BCUT2D eigenvalue weighted by atomic mass is 79.9. The molecule has 1 amide bonds. The largest absolute Gasteiger partial charge is 0.496 e. The van der Waals surface area contributed by atoms with E-state index in [-0.39, 0.29) is 11.6 Å². The maximum Gasteiger partial charge on any atom is 0.299 e. The number of hydrogen-bond donors (Lipinski definition) is 1. The van der Waals surface area contributed by atoms with E-state index in [0.29, 0.717) is 16.7 Å². The van der Waals surface area contributed by atoms with Crippen molar-refractivity contribution in [2.45, 2.75) is 0 Å². The number of halogens is 1. The molecule has 3 rings (SSSR count). The molecule has 0 unspecified atom stereocenters. The predicted molar refractivity (Wildman–Crippen MR) is 94.1 cm³/mol. The number of para-hydroxylation sites is 1. The molecule has 1 heterocycles. The number of amides is 1. The highest BCUT2D eigenvalue weighted by Gasteiger charge is 2.16. The fraction of sp³-hybridized carbons (Fsp3) is 0.118. The molecule has 0 spiro atoms. The van der Waals surface area contributed by atoms with Gasteiger partial charge >= 0.3 is 0 Å². The average molecular weight is 388 g/mol. The first kappa shape index (κ1) is 16.2. The van der Waals surface area contributed by atoms with Gasteiger partial charge in [0.2, 0.25) is 5.88 Å². The van der Waals surface area contributed by atoms with Crippen molar-refractivity contribution in [3.8, 4) is 11.6 Å². The van der Waals surface area contributed by atoms with Gasteiger partial charge in [0, 0.05) is 16.9 Å². The molecule has 0 saturated carbocycles. The number of rotatable bonds is 3. The number of fused-ring (bicyclic) bond motifs is 1. The number of aromatic hydroxyl groups is 1. The lowest BCUT2D eigenvalue weighted by atomic mass is 10.2. The van der Waals surface area contributed by atoms with Crippen molar-refractivity contribution >= 4 is 38.4 Å². The van der Waals surface area contributed by atoms with E-state index in [9.17, 15) is 9.90 Å². The molecule has 3 aromatic rings. The molecule has 0 aliphatic carbocycles. The van der Waals surface area contributed by atoms with Crippen LogP contribution in [0.3, 0.4) is 0 Å². The van der Waals surface area contributed by atoms with Gasteiger partial charge in [0.15, 0.2) is 5.69 Å². The van der Waals surface area contributed by atoms with Crippen LogP contribution in [0.25, 0.3) is 10.9 Å². The van der Waals surface area contributed by atoms with Crippen LogP contribution in [0, 0.1) is 0 Å². The molecule has 0 bridgehead atoms. The quantitative estimate of drug-likeness (QED) is 0.668. The third-order valence-corrected chi connectivity index (χ3v) is 4.18. The van der Waals surface area contributed by atoms with E-state index in [1.165, 1.54) is 7.11 Å². The monoisotopic (exact) mass is 387 g/mol. The molecule has 1 aromatic heterocycles. The van der Waals surface area contributed by atoms with Crippen molar-refractivity contribution < 1.29 is 14.6 Å². The number of benzene rings is 2. The number of azo groups is 1. The molecule has 122 valence electrons. The Labute approximate surface area is 146 Å². The highest BCUT2D eigenvalue weighted by molar-refractivity contribution is 9.10. The Morgan fingerprint density at radius 3 is 2.75 bits per heavy atom. The van der Waals surface area contributed by atoms with Crippen LogP contribution in [0.1, 0.15) is 10.4 Å². The number of hydrogen-bond acceptors (Lipinski definition) is 4. The van der Waals surface area contributed by atoms with Crippen LogP contribution in [0.5, 0.6) is 11.6 Å². The van der Waals surface area contributed by atoms with Crippen LogP contribution in [-0.4, -0.2) is 22.7 Å². The lowest BCUT2D eigenvalue weighted by molar-refractivity contribution is 0.0992. The molecule has 0 aliphatic rings. The number of methoxy groups -OCH3 is 1. The van der Waals surface area contributed by atoms with E-state index in [1.54, 1.807) is 35.9 Å². The normalized spacial score (nSPS) is 11.3. The Kier molecular flexibility index (Phi) is 4.35. The zero-order chi connectivity index (χ0) is 17.3. The summed E-state index contributed by atoms with van der Waals surface area (Å²) in [5.74, 6) is -0.176. The Balaban J connectivity index is 2.03. The van der Waals surface area contributed by atoms with E-state index >= 15 is 0 Å². The van der Waals surface area contributed by atoms with E-state index in [4.69, 9.17) is 4.74 Å². The van der Waals surface area contributed by atoms with E-state index in [1.807, 2.05) is 18.2 Å². The van der Waals surface area contributed by atoms with Gasteiger partial charge in [-0.3, -0.25) is 4.79 Å². The first-order valence-electron chi connectivity index (χ1n) is 7.09. The molecule has 0 radical (unpaired) electrons. The second kappa shape index (κ2) is 6.45. The summed E-state index contributed by atoms with van der Waals surface area (Å²) in [6, 6.07) is 12.3. The maximum atomic E-state index is 12.3. The number of aryl methyl sites for hydroxylation is 1. The van der Waals surface area contributed by atoms with Gasteiger partial charge in [-0.1, -0.05) is 28.1 Å². The molecular weight excluding hydrogens is 374 g/mol. The minimum Gasteiger partial charge on any atom is -0.496 e. The number of carbonyl (C=O) groups is 1. The van der Waals surface area contributed by atoms with Gasteiger partial charge in [0.1, 0.15) is 5.75 Å². The molecule has 0 atom stereocenters. The van der Waals surface area contributed by atoms with Crippen molar-refractivity contribution in [2.24, 2.45) is 17.3 Å². The van der Waals surface area contributed by atoms with Crippen molar-refractivity contribution in [1.29, 1.82) is 0 Å². The van der Waals surface area contributed by atoms with Gasteiger partial charge in [-0.15, -0.1) is 10.2 Å². The van der Waals surface area contributed by atoms with Gasteiger partial charge in [0.05, 0.1) is 18.2 Å². The van der Waals surface area contributed by atoms with Crippen molar-refractivity contribution in [1.82, 2.24) is 4.57 Å². The molecule has 7 heteroatoms. The minimum absolute atomic E-state index is 0.0559. The maximum absolute atomic E-state index is 12.3. The molecule has 0 saturated heterocycles. The summed E-state index contributed by atoms with van der Waals surface area (Å²) in [5.41, 5.74) is 1.34. The molecular formula is C17H14BrN3O3. The summed E-state index contributed by atoms with van der Waals surface area (Å²) in [4.78, 5) is 12.3. The van der Waals surface area contributed by atoms with Gasteiger partial charge in [-0.25, -0.2) is 0 Å². The SMILES string of the molecule is COc1ccccc1C(=O)N=Nc1c(O)n(C)c2ccc(Br)cc12. The molecule has 0 aliphatic heterocycles. The summed E-state index contributed by atoms with van der Waals surface area (Å²) in [5, 5.41) is 18.7. The Morgan fingerprint density at radius 2 is 2.00 bits per heavy atom. The van der Waals surface area contributed by atoms with Gasteiger partial charge in [0.25, 0.3) is 5.91 Å². The predicted octanol–water partition coefficient (Wildman–Crippen LogP) is 4.58. The molecule has 6 nitrogen and oxygen atoms in total. The van der Waals surface area contributed by atoms with Crippen molar-refractivity contribution in [2.75, 3.05) is 7.11 Å². The number of ether oxygens (including phenoxy) is 1. The van der Waals surface area contributed by atoms with Crippen LogP contribution < -0.4 is 4.74 Å². The lowest BCUT2D eigenvalue weighted by Crippen LogP contribution is -1.97. The molecule has 1 N–H and O–H groups in total. The highest BCUT2D eigenvalue weighted by Crippen LogP contribution is 2.39. The van der Waals surface area contributed by atoms with E-state index < -0.39 is 5.91 Å². The fourth-order valence-electron chi connectivity index (χ4n) is 2.45. The Hall–Kier alpha value is -2.67. The summed E-state index contributed by atoms with van der Waals surface area (Å²) < 4.78 is 7.58. The first-order valence-corrected chi connectivity index (χ1v) is 7.88. The minimum atomic E-state index is -0.543. The van der Waals surface area contributed by atoms with Crippen LogP contribution >= 0.6 is 15.9 Å². The topological polar surface area (TPSA) is 76.2 Å². The standard InChI is InChI=1S/C17H14BrN3O3/c1-21-13-8-7-10(18)9-12(13)15(17(21)23)19-20-16(22)11-5-3-4-6-14(11)24-2/h3-9,23H,1-2H3. The third kappa shape index (κ3) is 2.78. The van der Waals surface area contributed by atoms with Crippen LogP contribution in [0.4, 0.5) is 5.69 Å². The summed E-state index contributed by atoms with van der Waals surface area (Å²) in [6.45, 7) is 0. The van der Waals surface area contributed by atoms with E-state index in [2.05, 4.69) is 26.2 Å². The van der Waals surface area contributed by atoms with Gasteiger partial charge < -0.3 is 14.4 Å². The second-order valence-corrected chi connectivity index (χ2v) is 6.01. The zero-order valence-electron chi connectivity index (χ0n) is 13.0. The number of nitrogens with zero attached hydrogens (tertiary/aromatic N) is 3. The van der Waals surface area contributed by atoms with Crippen molar-refractivity contribution in [3.05, 3.63) is 52.5 Å². The lowest BCUT2D eigenvalue weighted by Gasteiger charge is -2.03. The summed E-state index contributed by atoms with van der Waals surface area (Å²) >= 11 is 3.39. The second-order valence-electron chi connectivity index (χ2n) is 5.10. The fourth-order valence-corrected chi connectivity index (χ4v) is 2.81.